The summed E-state index contributed by atoms with van der Waals surface area (Å²) >= 11 is 3.00. The van der Waals surface area contributed by atoms with Crippen LogP contribution in [0.15, 0.2) is 34.8 Å². The van der Waals surface area contributed by atoms with Crippen molar-refractivity contribution in [1.29, 1.82) is 0 Å². The number of nitrogens with one attached hydrogen (secondary N) is 1. The Kier molecular flexibility index (Phi) is 4.04. The van der Waals surface area contributed by atoms with E-state index in [0.717, 1.165) is 11.6 Å². The first-order chi connectivity index (χ1) is 8.99. The molecule has 2 aromatic carbocycles. The minimum atomic E-state index is -0.673. The van der Waals surface area contributed by atoms with Gasteiger partial charge in [-0.25, -0.2) is 8.78 Å². The first-order valence-electron chi connectivity index (χ1n) is 5.65. The summed E-state index contributed by atoms with van der Waals surface area (Å²) in [5.41, 5.74) is 1.58. The number of para-hydroxylation sites is 1. The number of hydrogen-bond acceptors (Lipinski definition) is 2. The van der Waals surface area contributed by atoms with E-state index in [1.54, 1.807) is 19.1 Å². The van der Waals surface area contributed by atoms with E-state index in [1.807, 2.05) is 6.07 Å². The van der Waals surface area contributed by atoms with Crippen LogP contribution in [0.1, 0.15) is 11.1 Å². The highest BCUT2D eigenvalue weighted by molar-refractivity contribution is 9.10. The Morgan fingerprint density at radius 2 is 1.95 bits per heavy atom. The molecule has 2 nitrogen and oxygen atoms in total. The van der Waals surface area contributed by atoms with Gasteiger partial charge in [-0.2, -0.15) is 0 Å². The van der Waals surface area contributed by atoms with Crippen LogP contribution in [-0.4, -0.2) is 5.11 Å². The van der Waals surface area contributed by atoms with E-state index in [-0.39, 0.29) is 22.5 Å². The third-order valence-electron chi connectivity index (χ3n) is 2.80. The lowest BCUT2D eigenvalue weighted by Crippen LogP contribution is -2.03. The molecular formula is C14H12BrF2NO. The fourth-order valence-electron chi connectivity index (χ4n) is 1.71. The SMILES string of the molecule is Cc1cccc(CNc2cc(Br)c(F)cc2F)c1O. The summed E-state index contributed by atoms with van der Waals surface area (Å²) in [6.07, 6.45) is 0. The van der Waals surface area contributed by atoms with Crippen LogP contribution in [0.3, 0.4) is 0 Å². The average Bonchev–Trinajstić information content (AvgIpc) is 2.37. The normalized spacial score (nSPS) is 10.5. The minimum Gasteiger partial charge on any atom is -0.507 e. The number of phenols is 1. The molecule has 5 heteroatoms. The second-order valence-corrected chi connectivity index (χ2v) is 5.04. The maximum absolute atomic E-state index is 13.5. The predicted molar refractivity (Wildman–Crippen MR) is 74.2 cm³/mol. The molecule has 2 rings (SSSR count). The van der Waals surface area contributed by atoms with E-state index in [9.17, 15) is 13.9 Å². The quantitative estimate of drug-likeness (QED) is 0.821. The fraction of sp³-hybridized carbons (Fsp3) is 0.143. The fourth-order valence-corrected chi connectivity index (χ4v) is 2.05. The molecule has 0 heterocycles. The number of anilines is 1. The van der Waals surface area contributed by atoms with Gasteiger partial charge in [0.2, 0.25) is 0 Å². The summed E-state index contributed by atoms with van der Waals surface area (Å²) in [6, 6.07) is 7.47. The highest BCUT2D eigenvalue weighted by Crippen LogP contribution is 2.26. The highest BCUT2D eigenvalue weighted by Gasteiger charge is 2.09. The summed E-state index contributed by atoms with van der Waals surface area (Å²) < 4.78 is 26.8. The molecule has 0 atom stereocenters. The zero-order chi connectivity index (χ0) is 14.0. The van der Waals surface area contributed by atoms with Crippen molar-refractivity contribution in [1.82, 2.24) is 0 Å². The van der Waals surface area contributed by atoms with E-state index in [1.165, 1.54) is 6.07 Å². The molecule has 0 aromatic heterocycles. The van der Waals surface area contributed by atoms with Crippen LogP contribution in [0.4, 0.5) is 14.5 Å². The summed E-state index contributed by atoms with van der Waals surface area (Å²) in [7, 11) is 0. The van der Waals surface area contributed by atoms with Gasteiger partial charge in [0.1, 0.15) is 17.4 Å². The molecule has 0 saturated heterocycles. The minimum absolute atomic E-state index is 0.175. The summed E-state index contributed by atoms with van der Waals surface area (Å²) in [4.78, 5) is 0. The highest BCUT2D eigenvalue weighted by atomic mass is 79.9. The maximum Gasteiger partial charge on any atom is 0.149 e. The summed E-state index contributed by atoms with van der Waals surface area (Å²) in [6.45, 7) is 2.04. The van der Waals surface area contributed by atoms with Gasteiger partial charge in [-0.3, -0.25) is 0 Å². The monoisotopic (exact) mass is 327 g/mol. The Labute approximate surface area is 118 Å². The zero-order valence-corrected chi connectivity index (χ0v) is 11.8. The van der Waals surface area contributed by atoms with E-state index < -0.39 is 11.6 Å². The van der Waals surface area contributed by atoms with Crippen molar-refractivity contribution in [2.24, 2.45) is 0 Å². The molecule has 0 fully saturated rings. The Morgan fingerprint density at radius 3 is 2.68 bits per heavy atom. The maximum atomic E-state index is 13.5. The van der Waals surface area contributed by atoms with Crippen molar-refractivity contribution in [2.75, 3.05) is 5.32 Å². The van der Waals surface area contributed by atoms with Crippen molar-refractivity contribution in [3.05, 3.63) is 57.6 Å². The molecule has 0 aliphatic heterocycles. The number of hydrogen-bond donors (Lipinski definition) is 2. The molecule has 0 aliphatic carbocycles. The second-order valence-electron chi connectivity index (χ2n) is 4.18. The van der Waals surface area contributed by atoms with Crippen molar-refractivity contribution >= 4 is 21.6 Å². The zero-order valence-electron chi connectivity index (χ0n) is 10.2. The van der Waals surface area contributed by atoms with Crippen LogP contribution in [0, 0.1) is 18.6 Å². The third-order valence-corrected chi connectivity index (χ3v) is 3.41. The van der Waals surface area contributed by atoms with Crippen LogP contribution in [0.2, 0.25) is 0 Å². The lowest BCUT2D eigenvalue weighted by molar-refractivity contribution is 0.465. The van der Waals surface area contributed by atoms with Gasteiger partial charge in [0.15, 0.2) is 0 Å². The number of phenolic OH excluding ortho intramolecular Hbond substituents is 1. The van der Waals surface area contributed by atoms with Gasteiger partial charge < -0.3 is 10.4 Å². The molecule has 0 amide bonds. The average molecular weight is 328 g/mol. The number of rotatable bonds is 3. The third kappa shape index (κ3) is 3.04. The molecule has 2 aromatic rings. The molecule has 0 bridgehead atoms. The Balaban J connectivity index is 2.19. The molecule has 0 saturated carbocycles. The molecule has 0 unspecified atom stereocenters. The Hall–Kier alpha value is -1.62. The number of aromatic hydroxyl groups is 1. The first-order valence-corrected chi connectivity index (χ1v) is 6.44. The standard InChI is InChI=1S/C14H12BrF2NO/c1-8-3-2-4-9(14(8)19)7-18-13-5-10(15)11(16)6-12(13)17/h2-6,18-19H,7H2,1H3. The molecule has 0 aliphatic rings. The largest absolute Gasteiger partial charge is 0.507 e. The van der Waals surface area contributed by atoms with Gasteiger partial charge in [0.25, 0.3) is 0 Å². The Bertz CT molecular complexity index is 617. The summed E-state index contributed by atoms with van der Waals surface area (Å²) in [5, 5.41) is 12.7. The van der Waals surface area contributed by atoms with E-state index in [4.69, 9.17) is 0 Å². The van der Waals surface area contributed by atoms with E-state index >= 15 is 0 Å². The molecule has 100 valence electrons. The van der Waals surface area contributed by atoms with Crippen molar-refractivity contribution in [3.8, 4) is 5.75 Å². The number of benzene rings is 2. The van der Waals surface area contributed by atoms with Crippen LogP contribution in [0.25, 0.3) is 0 Å². The van der Waals surface area contributed by atoms with Gasteiger partial charge >= 0.3 is 0 Å². The van der Waals surface area contributed by atoms with E-state index in [2.05, 4.69) is 21.2 Å². The van der Waals surface area contributed by atoms with Crippen LogP contribution < -0.4 is 5.32 Å². The van der Waals surface area contributed by atoms with Gasteiger partial charge in [-0.1, -0.05) is 18.2 Å². The number of halogens is 3. The van der Waals surface area contributed by atoms with Crippen LogP contribution in [-0.2, 0) is 6.54 Å². The summed E-state index contributed by atoms with van der Waals surface area (Å²) in [5.74, 6) is -1.15. The number of aryl methyl sites for hydroxylation is 1. The second kappa shape index (κ2) is 5.57. The smallest absolute Gasteiger partial charge is 0.149 e. The van der Waals surface area contributed by atoms with Gasteiger partial charge in [0.05, 0.1) is 10.2 Å². The Morgan fingerprint density at radius 1 is 1.21 bits per heavy atom. The van der Waals surface area contributed by atoms with Crippen LogP contribution >= 0.6 is 15.9 Å². The molecular weight excluding hydrogens is 316 g/mol. The van der Waals surface area contributed by atoms with Crippen molar-refractivity contribution in [2.45, 2.75) is 13.5 Å². The van der Waals surface area contributed by atoms with E-state index in [0.29, 0.717) is 5.56 Å². The van der Waals surface area contributed by atoms with Crippen molar-refractivity contribution < 1.29 is 13.9 Å². The topological polar surface area (TPSA) is 32.3 Å². The van der Waals surface area contributed by atoms with Gasteiger partial charge in [-0.05, 0) is 34.5 Å². The lowest BCUT2D eigenvalue weighted by Gasteiger charge is -2.11. The molecule has 19 heavy (non-hydrogen) atoms. The van der Waals surface area contributed by atoms with Crippen molar-refractivity contribution in [3.63, 3.8) is 0 Å². The van der Waals surface area contributed by atoms with Gasteiger partial charge in [-0.15, -0.1) is 0 Å². The first kappa shape index (κ1) is 13.8. The molecule has 0 radical (unpaired) electrons. The predicted octanol–water partition coefficient (Wildman–Crippen LogP) is 4.35. The van der Waals surface area contributed by atoms with Gasteiger partial charge in [0, 0.05) is 18.2 Å². The molecule has 0 spiro atoms. The van der Waals surface area contributed by atoms with Crippen LogP contribution in [0.5, 0.6) is 5.75 Å². The lowest BCUT2D eigenvalue weighted by atomic mass is 10.1. The molecule has 2 N–H and O–H groups in total.